The molecule has 0 fully saturated rings. The minimum Gasteiger partial charge on any atom is -0.857 e. The van der Waals surface area contributed by atoms with Gasteiger partial charge in [-0.3, -0.25) is 0 Å². The molecule has 0 unspecified atom stereocenters. The zero-order chi connectivity index (χ0) is 13.9. The van der Waals surface area contributed by atoms with E-state index in [1.807, 2.05) is 30.3 Å². The maximum absolute atomic E-state index is 13.7. The van der Waals surface area contributed by atoms with E-state index < -0.39 is 0 Å². The summed E-state index contributed by atoms with van der Waals surface area (Å²) in [5.41, 5.74) is 1.42. The summed E-state index contributed by atoms with van der Waals surface area (Å²) in [5.74, 6) is -0.514. The Labute approximate surface area is 116 Å². The number of hydrogen-bond donors (Lipinski definition) is 0. The van der Waals surface area contributed by atoms with E-state index >= 15 is 0 Å². The van der Waals surface area contributed by atoms with E-state index in [2.05, 4.69) is 5.10 Å². The van der Waals surface area contributed by atoms with Crippen LogP contribution in [0.3, 0.4) is 0 Å². The van der Waals surface area contributed by atoms with Crippen molar-refractivity contribution < 1.29 is 14.2 Å². The quantitative estimate of drug-likeness (QED) is 0.768. The van der Waals surface area contributed by atoms with Crippen LogP contribution in [0.5, 0.6) is 0 Å². The van der Waals surface area contributed by atoms with Crippen LogP contribution in [0, 0.1) is 5.82 Å². The molecule has 0 amide bonds. The van der Waals surface area contributed by atoms with Crippen LogP contribution in [0.25, 0.3) is 0 Å². The molecule has 1 aliphatic rings. The highest BCUT2D eigenvalue weighted by atomic mass is 19.1. The molecule has 0 aliphatic carbocycles. The molecule has 1 aliphatic heterocycles. The van der Waals surface area contributed by atoms with Gasteiger partial charge in [0.15, 0.2) is 0 Å². The molecule has 100 valence electrons. The first-order valence-electron chi connectivity index (χ1n) is 6.41. The molecule has 0 saturated heterocycles. The Morgan fingerprint density at radius 3 is 2.55 bits per heavy atom. The molecule has 0 saturated carbocycles. The topological polar surface area (TPSA) is 38.4 Å². The highest BCUT2D eigenvalue weighted by Gasteiger charge is 2.29. The van der Waals surface area contributed by atoms with E-state index in [0.29, 0.717) is 12.0 Å². The predicted molar refractivity (Wildman–Crippen MR) is 73.1 cm³/mol. The van der Waals surface area contributed by atoms with Gasteiger partial charge in [-0.15, -0.1) is 0 Å². The van der Waals surface area contributed by atoms with Crippen molar-refractivity contribution in [2.45, 2.75) is 12.5 Å². The van der Waals surface area contributed by atoms with Crippen LogP contribution in [0.4, 0.5) is 4.39 Å². The summed E-state index contributed by atoms with van der Waals surface area (Å²) >= 11 is 0. The van der Waals surface area contributed by atoms with Crippen molar-refractivity contribution in [1.82, 2.24) is 0 Å². The van der Waals surface area contributed by atoms with Crippen molar-refractivity contribution in [2.75, 3.05) is 0 Å². The summed E-state index contributed by atoms with van der Waals surface area (Å²) in [6, 6.07) is 15.9. The van der Waals surface area contributed by atoms with E-state index in [1.54, 1.807) is 29.1 Å². The molecule has 2 aromatic rings. The fraction of sp³-hybridized carbons (Fsp3) is 0.125. The standard InChI is InChI=1S/C16H13FN2O/c17-14-9-5-4-8-13(14)11-19-15(10-16(20)18-19)12-6-2-1-3-7-12/h1-9,11,15H,10H2/b19-11-/t15-/m0/s1. The Kier molecular flexibility index (Phi) is 3.29. The van der Waals surface area contributed by atoms with Crippen molar-refractivity contribution in [1.29, 1.82) is 0 Å². The number of rotatable bonds is 2. The van der Waals surface area contributed by atoms with Gasteiger partial charge < -0.3 is 5.11 Å². The summed E-state index contributed by atoms with van der Waals surface area (Å²) in [6.45, 7) is 0. The van der Waals surface area contributed by atoms with Gasteiger partial charge in [0.05, 0.1) is 12.0 Å². The zero-order valence-electron chi connectivity index (χ0n) is 10.7. The van der Waals surface area contributed by atoms with Crippen molar-refractivity contribution in [3.05, 3.63) is 71.5 Å². The Balaban J connectivity index is 2.00. The minimum absolute atomic E-state index is 0.164. The van der Waals surface area contributed by atoms with Gasteiger partial charge in [-0.05, 0) is 17.2 Å². The highest BCUT2D eigenvalue weighted by Crippen LogP contribution is 2.25. The first kappa shape index (κ1) is 12.5. The summed E-state index contributed by atoms with van der Waals surface area (Å²) in [6.07, 6.45) is 1.90. The van der Waals surface area contributed by atoms with Crippen molar-refractivity contribution in [3.63, 3.8) is 0 Å². The van der Waals surface area contributed by atoms with Crippen molar-refractivity contribution in [2.24, 2.45) is 5.10 Å². The minimum atomic E-state index is -0.325. The molecule has 0 spiro atoms. The van der Waals surface area contributed by atoms with E-state index in [1.165, 1.54) is 6.07 Å². The van der Waals surface area contributed by atoms with Crippen molar-refractivity contribution in [3.8, 4) is 0 Å². The summed E-state index contributed by atoms with van der Waals surface area (Å²) in [4.78, 5) is 0. The fourth-order valence-electron chi connectivity index (χ4n) is 2.29. The van der Waals surface area contributed by atoms with Gasteiger partial charge in [-0.1, -0.05) is 47.1 Å². The number of hydrogen-bond acceptors (Lipinski definition) is 2. The third-order valence-corrected chi connectivity index (χ3v) is 3.28. The Morgan fingerprint density at radius 1 is 1.10 bits per heavy atom. The summed E-state index contributed by atoms with van der Waals surface area (Å²) in [7, 11) is 0. The zero-order valence-corrected chi connectivity index (χ0v) is 10.7. The predicted octanol–water partition coefficient (Wildman–Crippen LogP) is 2.08. The van der Waals surface area contributed by atoms with E-state index in [0.717, 1.165) is 5.56 Å². The Bertz CT molecular complexity index is 680. The van der Waals surface area contributed by atoms with Crippen LogP contribution in [0.2, 0.25) is 0 Å². The van der Waals surface area contributed by atoms with Gasteiger partial charge in [-0.25, -0.2) is 4.39 Å². The maximum atomic E-state index is 13.7. The summed E-state index contributed by atoms with van der Waals surface area (Å²) in [5, 5.41) is 15.5. The average molecular weight is 268 g/mol. The molecular weight excluding hydrogens is 255 g/mol. The lowest BCUT2D eigenvalue weighted by Crippen LogP contribution is -2.15. The van der Waals surface area contributed by atoms with Crippen LogP contribution < -0.4 is 5.11 Å². The van der Waals surface area contributed by atoms with E-state index in [4.69, 9.17) is 0 Å². The van der Waals surface area contributed by atoms with E-state index in [9.17, 15) is 9.50 Å². The second kappa shape index (κ2) is 5.25. The van der Waals surface area contributed by atoms with Gasteiger partial charge in [0.2, 0.25) is 12.3 Å². The summed E-state index contributed by atoms with van der Waals surface area (Å²) < 4.78 is 15.2. The molecule has 1 atom stereocenters. The smallest absolute Gasteiger partial charge is 0.213 e. The van der Waals surface area contributed by atoms with Crippen LogP contribution in [-0.2, 0) is 0 Å². The molecule has 2 aromatic carbocycles. The van der Waals surface area contributed by atoms with Crippen LogP contribution in [0.1, 0.15) is 23.6 Å². The molecule has 4 heteroatoms. The van der Waals surface area contributed by atoms with Crippen LogP contribution in [-0.4, -0.2) is 16.8 Å². The number of benzene rings is 2. The Morgan fingerprint density at radius 2 is 1.80 bits per heavy atom. The van der Waals surface area contributed by atoms with Gasteiger partial charge in [0, 0.05) is 11.5 Å². The molecule has 3 rings (SSSR count). The van der Waals surface area contributed by atoms with Gasteiger partial charge in [0.1, 0.15) is 5.82 Å². The van der Waals surface area contributed by atoms with Crippen molar-refractivity contribution >= 4 is 12.1 Å². The number of nitrogens with zero attached hydrogens (tertiary/aromatic N) is 2. The monoisotopic (exact) mass is 268 g/mol. The molecule has 0 aromatic heterocycles. The molecule has 0 bridgehead atoms. The van der Waals surface area contributed by atoms with Gasteiger partial charge >= 0.3 is 0 Å². The molecule has 0 radical (unpaired) electrons. The maximum Gasteiger partial charge on any atom is 0.213 e. The molecule has 20 heavy (non-hydrogen) atoms. The largest absolute Gasteiger partial charge is 0.857 e. The third-order valence-electron chi connectivity index (χ3n) is 3.28. The van der Waals surface area contributed by atoms with Crippen LogP contribution in [0.15, 0.2) is 59.7 Å². The second-order valence-corrected chi connectivity index (χ2v) is 4.65. The lowest BCUT2D eigenvalue weighted by atomic mass is 10.0. The fourth-order valence-corrected chi connectivity index (χ4v) is 2.29. The average Bonchev–Trinajstić information content (AvgIpc) is 2.83. The van der Waals surface area contributed by atoms with Gasteiger partial charge in [0.25, 0.3) is 0 Å². The molecule has 3 nitrogen and oxygen atoms in total. The lowest BCUT2D eigenvalue weighted by Gasteiger charge is -2.06. The lowest BCUT2D eigenvalue weighted by molar-refractivity contribution is -0.563. The van der Waals surface area contributed by atoms with E-state index in [-0.39, 0.29) is 17.8 Å². The Hall–Kier alpha value is -2.49. The number of hydrazone groups is 1. The van der Waals surface area contributed by atoms with Gasteiger partial charge in [-0.2, -0.15) is 0 Å². The molecular formula is C16H13FN2O. The normalized spacial score (nSPS) is 20.1. The number of halogens is 1. The second-order valence-electron chi connectivity index (χ2n) is 4.65. The molecule has 1 heterocycles. The van der Waals surface area contributed by atoms with Crippen LogP contribution >= 0.6 is 0 Å². The third kappa shape index (κ3) is 2.45. The first-order chi connectivity index (χ1) is 9.74. The first-order valence-corrected chi connectivity index (χ1v) is 6.41. The SMILES string of the molecule is [O-]C1=N/[N+](=C\c2ccccc2F)[C@H](c2ccccc2)C1. The molecule has 0 N–H and O–H groups in total. The highest BCUT2D eigenvalue weighted by molar-refractivity contribution is 5.78.